The van der Waals surface area contributed by atoms with E-state index in [-0.39, 0.29) is 11.3 Å². The maximum Gasteiger partial charge on any atom is 0.320 e. The Bertz CT molecular complexity index is 410. The van der Waals surface area contributed by atoms with Crippen LogP contribution in [0.1, 0.15) is 45.4 Å². The zero-order valence-corrected chi connectivity index (χ0v) is 12.6. The predicted molar refractivity (Wildman–Crippen MR) is 74.9 cm³/mol. The van der Waals surface area contributed by atoms with Gasteiger partial charge >= 0.3 is 11.9 Å². The zero-order chi connectivity index (χ0) is 14.8. The Morgan fingerprint density at radius 2 is 1.85 bits per heavy atom. The second-order valence-corrected chi connectivity index (χ2v) is 6.19. The van der Waals surface area contributed by atoms with E-state index in [0.29, 0.717) is 0 Å². The molecule has 0 heterocycles. The SMILES string of the molecule is COC(=O)C(C(=O)OC)[C@@H]1C=C2CCCC[C@@]2(C)CC1. The van der Waals surface area contributed by atoms with Gasteiger partial charge in [0.05, 0.1) is 14.2 Å². The lowest BCUT2D eigenvalue weighted by atomic mass is 9.63. The third-order valence-electron chi connectivity index (χ3n) is 4.98. The highest BCUT2D eigenvalue weighted by Gasteiger charge is 2.42. The first-order valence-corrected chi connectivity index (χ1v) is 7.38. The van der Waals surface area contributed by atoms with E-state index in [0.717, 1.165) is 19.3 Å². The number of ether oxygens (including phenoxy) is 2. The fourth-order valence-electron chi connectivity index (χ4n) is 3.65. The van der Waals surface area contributed by atoms with Gasteiger partial charge in [-0.1, -0.05) is 25.0 Å². The number of carbonyl (C=O) groups excluding carboxylic acids is 2. The normalized spacial score (nSPS) is 29.4. The second kappa shape index (κ2) is 5.98. The summed E-state index contributed by atoms with van der Waals surface area (Å²) < 4.78 is 9.56. The Morgan fingerprint density at radius 3 is 2.45 bits per heavy atom. The van der Waals surface area contributed by atoms with Crippen molar-refractivity contribution in [1.82, 2.24) is 0 Å². The topological polar surface area (TPSA) is 52.6 Å². The first-order chi connectivity index (χ1) is 9.51. The highest BCUT2D eigenvalue weighted by Crippen LogP contribution is 2.49. The molecular weight excluding hydrogens is 256 g/mol. The van der Waals surface area contributed by atoms with Gasteiger partial charge in [-0.05, 0) is 37.5 Å². The van der Waals surface area contributed by atoms with E-state index in [2.05, 4.69) is 13.0 Å². The summed E-state index contributed by atoms with van der Waals surface area (Å²) in [5, 5.41) is 0. The second-order valence-electron chi connectivity index (χ2n) is 6.19. The molecule has 0 bridgehead atoms. The van der Waals surface area contributed by atoms with Gasteiger partial charge in [0.25, 0.3) is 0 Å². The van der Waals surface area contributed by atoms with Crippen molar-refractivity contribution in [2.75, 3.05) is 14.2 Å². The average Bonchev–Trinajstić information content (AvgIpc) is 2.46. The summed E-state index contributed by atoms with van der Waals surface area (Å²) in [7, 11) is 2.64. The first kappa shape index (κ1) is 15.1. The van der Waals surface area contributed by atoms with Crippen molar-refractivity contribution in [3.8, 4) is 0 Å². The Morgan fingerprint density at radius 1 is 1.20 bits per heavy atom. The minimum atomic E-state index is -0.816. The van der Waals surface area contributed by atoms with E-state index in [9.17, 15) is 9.59 Å². The van der Waals surface area contributed by atoms with Crippen molar-refractivity contribution < 1.29 is 19.1 Å². The molecule has 0 spiro atoms. The van der Waals surface area contributed by atoms with Crippen LogP contribution in [0.5, 0.6) is 0 Å². The molecule has 0 aromatic heterocycles. The number of fused-ring (bicyclic) bond motifs is 1. The summed E-state index contributed by atoms with van der Waals surface area (Å²) in [6.07, 6.45) is 8.81. The Labute approximate surface area is 120 Å². The van der Waals surface area contributed by atoms with Crippen molar-refractivity contribution >= 4 is 11.9 Å². The summed E-state index contributed by atoms with van der Waals surface area (Å²) in [6, 6.07) is 0. The highest BCUT2D eigenvalue weighted by molar-refractivity contribution is 5.95. The molecule has 1 fully saturated rings. The summed E-state index contributed by atoms with van der Waals surface area (Å²) in [5.74, 6) is -1.88. The molecule has 0 aromatic carbocycles. The lowest BCUT2D eigenvalue weighted by Gasteiger charge is -2.42. The van der Waals surface area contributed by atoms with Gasteiger partial charge in [0.15, 0.2) is 5.92 Å². The molecule has 0 N–H and O–H groups in total. The molecule has 20 heavy (non-hydrogen) atoms. The molecule has 0 aromatic rings. The van der Waals surface area contributed by atoms with Crippen LogP contribution in [-0.2, 0) is 19.1 Å². The van der Waals surface area contributed by atoms with Gasteiger partial charge in [0.2, 0.25) is 0 Å². The van der Waals surface area contributed by atoms with Crippen LogP contribution >= 0.6 is 0 Å². The molecule has 2 atom stereocenters. The molecule has 112 valence electrons. The van der Waals surface area contributed by atoms with E-state index in [4.69, 9.17) is 9.47 Å². The minimum Gasteiger partial charge on any atom is -0.468 e. The number of allylic oxidation sites excluding steroid dienone is 2. The third-order valence-corrected chi connectivity index (χ3v) is 4.98. The van der Waals surface area contributed by atoms with E-state index in [1.165, 1.54) is 39.1 Å². The van der Waals surface area contributed by atoms with Crippen LogP contribution in [0.25, 0.3) is 0 Å². The summed E-state index contributed by atoms with van der Waals surface area (Å²) >= 11 is 0. The fourth-order valence-corrected chi connectivity index (χ4v) is 3.65. The van der Waals surface area contributed by atoms with E-state index in [1.807, 2.05) is 0 Å². The lowest BCUT2D eigenvalue weighted by molar-refractivity contribution is -0.161. The Hall–Kier alpha value is -1.32. The van der Waals surface area contributed by atoms with Gasteiger partial charge in [-0.25, -0.2) is 0 Å². The summed E-state index contributed by atoms with van der Waals surface area (Å²) in [5.41, 5.74) is 1.68. The number of methoxy groups -OCH3 is 2. The van der Waals surface area contributed by atoms with E-state index < -0.39 is 17.9 Å². The molecule has 2 aliphatic rings. The van der Waals surface area contributed by atoms with Crippen molar-refractivity contribution in [1.29, 1.82) is 0 Å². The first-order valence-electron chi connectivity index (χ1n) is 7.38. The van der Waals surface area contributed by atoms with Crippen molar-refractivity contribution in [3.05, 3.63) is 11.6 Å². The molecule has 1 saturated carbocycles. The van der Waals surface area contributed by atoms with Gasteiger partial charge in [-0.2, -0.15) is 0 Å². The molecule has 2 rings (SSSR count). The van der Waals surface area contributed by atoms with Crippen molar-refractivity contribution in [2.45, 2.75) is 45.4 Å². The maximum atomic E-state index is 11.9. The molecule has 4 nitrogen and oxygen atoms in total. The number of hydrogen-bond donors (Lipinski definition) is 0. The molecule has 0 radical (unpaired) electrons. The number of rotatable bonds is 3. The molecular formula is C16H24O4. The smallest absolute Gasteiger partial charge is 0.320 e. The fraction of sp³-hybridized carbons (Fsp3) is 0.750. The minimum absolute atomic E-state index is 0.0870. The van der Waals surface area contributed by atoms with E-state index >= 15 is 0 Å². The van der Waals surface area contributed by atoms with Crippen LogP contribution in [0.3, 0.4) is 0 Å². The monoisotopic (exact) mass is 280 g/mol. The number of carbonyl (C=O) groups is 2. The predicted octanol–water partition coefficient (Wildman–Crippen LogP) is 2.87. The van der Waals surface area contributed by atoms with Crippen LogP contribution in [0, 0.1) is 17.3 Å². The van der Waals surface area contributed by atoms with Crippen LogP contribution in [0.4, 0.5) is 0 Å². The van der Waals surface area contributed by atoms with Crippen LogP contribution < -0.4 is 0 Å². The molecule has 2 aliphatic carbocycles. The zero-order valence-electron chi connectivity index (χ0n) is 12.6. The number of hydrogen-bond acceptors (Lipinski definition) is 4. The van der Waals surface area contributed by atoms with Gasteiger partial charge < -0.3 is 9.47 Å². The van der Waals surface area contributed by atoms with Crippen LogP contribution in [0.15, 0.2) is 11.6 Å². The Balaban J connectivity index is 2.25. The van der Waals surface area contributed by atoms with Crippen molar-refractivity contribution in [2.24, 2.45) is 17.3 Å². The largest absolute Gasteiger partial charge is 0.468 e. The molecule has 0 saturated heterocycles. The number of esters is 2. The quantitative estimate of drug-likeness (QED) is 0.453. The third kappa shape index (κ3) is 2.74. The van der Waals surface area contributed by atoms with Gasteiger partial charge in [-0.3, -0.25) is 9.59 Å². The molecule has 0 unspecified atom stereocenters. The molecule has 4 heteroatoms. The highest BCUT2D eigenvalue weighted by atomic mass is 16.5. The summed E-state index contributed by atoms with van der Waals surface area (Å²) in [4.78, 5) is 23.8. The molecule has 0 aliphatic heterocycles. The van der Waals surface area contributed by atoms with Crippen LogP contribution in [0.2, 0.25) is 0 Å². The van der Waals surface area contributed by atoms with Crippen molar-refractivity contribution in [3.63, 3.8) is 0 Å². The summed E-state index contributed by atoms with van der Waals surface area (Å²) in [6.45, 7) is 2.31. The molecule has 0 amide bonds. The van der Waals surface area contributed by atoms with Gasteiger partial charge in [0, 0.05) is 5.92 Å². The lowest BCUT2D eigenvalue weighted by Crippen LogP contribution is -2.37. The van der Waals surface area contributed by atoms with Crippen LogP contribution in [-0.4, -0.2) is 26.2 Å². The van der Waals surface area contributed by atoms with Gasteiger partial charge in [-0.15, -0.1) is 0 Å². The standard InChI is InChI=1S/C16H24O4/c1-16-8-5-4-6-12(16)10-11(7-9-16)13(14(17)19-2)15(18)20-3/h10-11,13H,4-9H2,1-3H3/t11-,16-/m0/s1. The Kier molecular flexibility index (Phi) is 4.51. The maximum absolute atomic E-state index is 11.9. The average molecular weight is 280 g/mol. The van der Waals surface area contributed by atoms with Gasteiger partial charge in [0.1, 0.15) is 0 Å². The van der Waals surface area contributed by atoms with E-state index in [1.54, 1.807) is 0 Å².